The number of benzene rings is 1. The van der Waals surface area contributed by atoms with E-state index in [2.05, 4.69) is 28.0 Å². The molecule has 0 bridgehead atoms. The predicted octanol–water partition coefficient (Wildman–Crippen LogP) is 2.79. The van der Waals surface area contributed by atoms with E-state index >= 15 is 0 Å². The first-order valence-electron chi connectivity index (χ1n) is 3.71. The summed E-state index contributed by atoms with van der Waals surface area (Å²) in [6, 6.07) is 7.80. The van der Waals surface area contributed by atoms with Gasteiger partial charge in [0.05, 0.1) is 6.61 Å². The van der Waals surface area contributed by atoms with E-state index in [9.17, 15) is 0 Å². The maximum atomic E-state index is 4.90. The van der Waals surface area contributed by atoms with Gasteiger partial charge in [-0.25, -0.2) is 0 Å². The second-order valence-electron chi connectivity index (χ2n) is 2.17. The highest BCUT2D eigenvalue weighted by Gasteiger charge is 1.87. The average Bonchev–Trinajstić information content (AvgIpc) is 2.05. The molecule has 1 nitrogen and oxygen atoms in total. The van der Waals surface area contributed by atoms with Gasteiger partial charge in [0.15, 0.2) is 0 Å². The third-order valence-corrected chi connectivity index (χ3v) is 1.73. The van der Waals surface area contributed by atoms with E-state index in [1.165, 1.54) is 0 Å². The summed E-state index contributed by atoms with van der Waals surface area (Å²) in [5.41, 5.74) is 0.956. The van der Waals surface area contributed by atoms with Crippen molar-refractivity contribution in [3.63, 3.8) is 0 Å². The van der Waals surface area contributed by atoms with Gasteiger partial charge >= 0.3 is 0 Å². The zero-order valence-electron chi connectivity index (χ0n) is 6.80. The molecule has 0 aliphatic carbocycles. The van der Waals surface area contributed by atoms with Crippen LogP contribution < -0.4 is 0 Å². The van der Waals surface area contributed by atoms with Crippen molar-refractivity contribution in [2.24, 2.45) is 0 Å². The molecule has 0 N–H and O–H groups in total. The molecule has 62 valence electrons. The number of halogens is 1. The van der Waals surface area contributed by atoms with Gasteiger partial charge in [-0.15, -0.1) is 0 Å². The Morgan fingerprint density at radius 3 is 3.00 bits per heavy atom. The predicted molar refractivity (Wildman–Crippen MR) is 52.6 cm³/mol. The molecule has 0 aliphatic rings. The van der Waals surface area contributed by atoms with Crippen LogP contribution in [-0.2, 0) is 4.74 Å². The monoisotopic (exact) mass is 224 g/mol. The summed E-state index contributed by atoms with van der Waals surface area (Å²) in [5, 5.41) is 0. The minimum Gasteiger partial charge on any atom is -0.447 e. The van der Waals surface area contributed by atoms with Crippen molar-refractivity contribution in [1.29, 1.82) is 0 Å². The normalized spacial score (nSPS) is 8.50. The molecule has 0 saturated carbocycles. The summed E-state index contributed by atoms with van der Waals surface area (Å²) in [5.74, 6) is 2.88. The van der Waals surface area contributed by atoms with E-state index in [0.717, 1.165) is 10.0 Å². The molecule has 0 saturated heterocycles. The lowest BCUT2D eigenvalue weighted by Crippen LogP contribution is -1.78. The van der Waals surface area contributed by atoms with Crippen molar-refractivity contribution in [2.45, 2.75) is 6.92 Å². The summed E-state index contributed by atoms with van der Waals surface area (Å²) in [4.78, 5) is 0. The van der Waals surface area contributed by atoms with Crippen LogP contribution in [0.4, 0.5) is 0 Å². The molecule has 0 fully saturated rings. The van der Waals surface area contributed by atoms with Crippen molar-refractivity contribution in [2.75, 3.05) is 6.61 Å². The van der Waals surface area contributed by atoms with E-state index < -0.39 is 0 Å². The van der Waals surface area contributed by atoms with Crippen LogP contribution in [0.15, 0.2) is 28.7 Å². The van der Waals surface area contributed by atoms with Gasteiger partial charge in [-0.05, 0) is 31.0 Å². The van der Waals surface area contributed by atoms with Gasteiger partial charge in [0, 0.05) is 10.0 Å². The fourth-order valence-electron chi connectivity index (χ4n) is 0.733. The zero-order chi connectivity index (χ0) is 8.81. The first kappa shape index (κ1) is 9.15. The number of hydrogen-bond donors (Lipinski definition) is 0. The zero-order valence-corrected chi connectivity index (χ0v) is 8.39. The van der Waals surface area contributed by atoms with Crippen molar-refractivity contribution >= 4 is 15.9 Å². The Hall–Kier alpha value is -0.940. The Morgan fingerprint density at radius 2 is 2.33 bits per heavy atom. The quantitative estimate of drug-likeness (QED) is 0.667. The van der Waals surface area contributed by atoms with Crippen LogP contribution >= 0.6 is 15.9 Å². The van der Waals surface area contributed by atoms with E-state index in [1.54, 1.807) is 0 Å². The lowest BCUT2D eigenvalue weighted by atomic mass is 10.2. The van der Waals surface area contributed by atoms with Gasteiger partial charge in [-0.2, -0.15) is 0 Å². The fourth-order valence-corrected chi connectivity index (χ4v) is 1.13. The molecule has 0 amide bonds. The molecular weight excluding hydrogens is 216 g/mol. The van der Waals surface area contributed by atoms with Crippen molar-refractivity contribution < 1.29 is 4.74 Å². The van der Waals surface area contributed by atoms with Crippen molar-refractivity contribution in [3.05, 3.63) is 34.3 Å². The Bertz CT molecular complexity index is 309. The molecule has 0 atom stereocenters. The molecule has 0 unspecified atom stereocenters. The molecule has 12 heavy (non-hydrogen) atoms. The SMILES string of the molecule is CCOC#Cc1cccc(Br)c1. The molecule has 0 heterocycles. The molecule has 2 heteroatoms. The molecule has 0 radical (unpaired) electrons. The molecular formula is C10H9BrO. The van der Waals surface area contributed by atoms with Crippen LogP contribution in [0.1, 0.15) is 12.5 Å². The first-order valence-corrected chi connectivity index (χ1v) is 4.50. The Kier molecular flexibility index (Phi) is 3.69. The summed E-state index contributed by atoms with van der Waals surface area (Å²) >= 11 is 3.36. The minimum absolute atomic E-state index is 0.626. The molecule has 0 spiro atoms. The molecule has 0 aliphatic heterocycles. The van der Waals surface area contributed by atoms with Gasteiger partial charge < -0.3 is 4.74 Å². The fraction of sp³-hybridized carbons (Fsp3) is 0.200. The molecule has 1 aromatic rings. The number of hydrogen-bond acceptors (Lipinski definition) is 1. The largest absolute Gasteiger partial charge is 0.447 e. The standard InChI is InChI=1S/C10H9BrO/c1-2-12-7-6-9-4-3-5-10(11)8-9/h3-5,8H,2H2,1H3. The van der Waals surface area contributed by atoms with Gasteiger partial charge in [0.1, 0.15) is 6.11 Å². The summed E-state index contributed by atoms with van der Waals surface area (Å²) in [6.07, 6.45) is 2.61. The highest BCUT2D eigenvalue weighted by molar-refractivity contribution is 9.10. The lowest BCUT2D eigenvalue weighted by Gasteiger charge is -1.90. The Balaban J connectivity index is 2.71. The summed E-state index contributed by atoms with van der Waals surface area (Å²) in [6.45, 7) is 2.54. The highest BCUT2D eigenvalue weighted by Crippen LogP contribution is 2.10. The van der Waals surface area contributed by atoms with Crippen LogP contribution in [-0.4, -0.2) is 6.61 Å². The van der Waals surface area contributed by atoms with Crippen molar-refractivity contribution in [3.8, 4) is 12.0 Å². The van der Waals surface area contributed by atoms with Gasteiger partial charge in [0.25, 0.3) is 0 Å². The van der Waals surface area contributed by atoms with Gasteiger partial charge in [0.2, 0.25) is 0 Å². The second kappa shape index (κ2) is 4.84. The maximum Gasteiger partial charge on any atom is 0.115 e. The topological polar surface area (TPSA) is 9.23 Å². The van der Waals surface area contributed by atoms with E-state index in [1.807, 2.05) is 31.2 Å². The summed E-state index contributed by atoms with van der Waals surface area (Å²) in [7, 11) is 0. The first-order chi connectivity index (χ1) is 5.83. The van der Waals surface area contributed by atoms with Crippen LogP contribution in [0.5, 0.6) is 0 Å². The summed E-state index contributed by atoms with van der Waals surface area (Å²) < 4.78 is 5.93. The van der Waals surface area contributed by atoms with Gasteiger partial charge in [-0.1, -0.05) is 22.0 Å². The molecule has 0 aromatic heterocycles. The van der Waals surface area contributed by atoms with Crippen molar-refractivity contribution in [1.82, 2.24) is 0 Å². The molecule has 1 rings (SSSR count). The highest BCUT2D eigenvalue weighted by atomic mass is 79.9. The number of rotatable bonds is 1. The van der Waals surface area contributed by atoms with E-state index in [0.29, 0.717) is 6.61 Å². The smallest absolute Gasteiger partial charge is 0.115 e. The average molecular weight is 225 g/mol. The van der Waals surface area contributed by atoms with E-state index in [-0.39, 0.29) is 0 Å². The maximum absolute atomic E-state index is 4.90. The third-order valence-electron chi connectivity index (χ3n) is 1.24. The Labute approximate surface area is 80.9 Å². The lowest BCUT2D eigenvalue weighted by molar-refractivity contribution is 0.299. The van der Waals surface area contributed by atoms with E-state index in [4.69, 9.17) is 4.74 Å². The van der Waals surface area contributed by atoms with Crippen LogP contribution in [0.25, 0.3) is 0 Å². The van der Waals surface area contributed by atoms with Crippen LogP contribution in [0.3, 0.4) is 0 Å². The van der Waals surface area contributed by atoms with Crippen LogP contribution in [0, 0.1) is 12.0 Å². The minimum atomic E-state index is 0.626. The second-order valence-corrected chi connectivity index (χ2v) is 3.09. The number of ether oxygens (including phenoxy) is 1. The van der Waals surface area contributed by atoms with Gasteiger partial charge in [-0.3, -0.25) is 0 Å². The third kappa shape index (κ3) is 2.98. The van der Waals surface area contributed by atoms with Crippen LogP contribution in [0.2, 0.25) is 0 Å². The Morgan fingerprint density at radius 1 is 1.50 bits per heavy atom. The molecule has 1 aromatic carbocycles.